The lowest BCUT2D eigenvalue weighted by atomic mass is 10.0. The van der Waals surface area contributed by atoms with E-state index in [9.17, 15) is 0 Å². The van der Waals surface area contributed by atoms with Crippen LogP contribution in [0.15, 0.2) is 18.2 Å². The molecule has 1 heteroatoms. The smallest absolute Gasteiger partial charge is 0.0912 e. The molecule has 66 valence electrons. The Morgan fingerprint density at radius 3 is 2.31 bits per heavy atom. The fourth-order valence-corrected chi connectivity index (χ4v) is 1.29. The van der Waals surface area contributed by atoms with E-state index in [2.05, 4.69) is 32.9 Å². The second-order valence-electron chi connectivity index (χ2n) is 3.26. The number of hydrogen-bond acceptors (Lipinski definition) is 1. The molecule has 0 spiro atoms. The summed E-state index contributed by atoms with van der Waals surface area (Å²) in [6.07, 6.45) is 3.36. The van der Waals surface area contributed by atoms with Gasteiger partial charge in [0.15, 0.2) is 0 Å². The minimum atomic E-state index is 1.13. The molecule has 0 aliphatic heterocycles. The van der Waals surface area contributed by atoms with Crippen LogP contribution in [-0.4, -0.2) is 0 Å². The summed E-state index contributed by atoms with van der Waals surface area (Å²) in [5, 5.41) is 8.41. The molecule has 0 aliphatic carbocycles. The van der Waals surface area contributed by atoms with E-state index in [4.69, 9.17) is 5.26 Å². The van der Waals surface area contributed by atoms with E-state index in [0.29, 0.717) is 0 Å². The quantitative estimate of drug-likeness (QED) is 0.595. The van der Waals surface area contributed by atoms with Crippen LogP contribution < -0.4 is 0 Å². The number of aryl methyl sites for hydroxylation is 3. The van der Waals surface area contributed by atoms with Crippen molar-refractivity contribution in [2.75, 3.05) is 0 Å². The topological polar surface area (TPSA) is 23.8 Å². The second kappa shape index (κ2) is 3.91. The average molecular weight is 171 g/mol. The first-order chi connectivity index (χ1) is 6.15. The number of nitriles is 1. The normalized spacial score (nSPS) is 10.3. The summed E-state index contributed by atoms with van der Waals surface area (Å²) in [5.41, 5.74) is 4.91. The lowest BCUT2D eigenvalue weighted by Gasteiger charge is -2.05. The molecule has 1 aromatic carbocycles. The van der Waals surface area contributed by atoms with Gasteiger partial charge in [0.25, 0.3) is 0 Å². The molecule has 0 radical (unpaired) electrons. The van der Waals surface area contributed by atoms with Gasteiger partial charge in [0.05, 0.1) is 6.07 Å². The van der Waals surface area contributed by atoms with Crippen LogP contribution in [0.2, 0.25) is 0 Å². The third-order valence-electron chi connectivity index (χ3n) is 2.22. The molecular weight excluding hydrogens is 158 g/mol. The van der Waals surface area contributed by atoms with E-state index in [1.54, 1.807) is 0 Å². The maximum absolute atomic E-state index is 8.41. The maximum Gasteiger partial charge on any atom is 0.0912 e. The zero-order valence-electron chi connectivity index (χ0n) is 8.26. The minimum Gasteiger partial charge on any atom is -0.193 e. The standard InChI is InChI=1S/C12H13N/c1-9-7-11(3)12(5-4-6-13)8-10(9)2/h4-5,7-8H,1-3H3. The van der Waals surface area contributed by atoms with Crippen LogP contribution in [0.3, 0.4) is 0 Å². The molecule has 1 rings (SSSR count). The molecule has 13 heavy (non-hydrogen) atoms. The summed E-state index contributed by atoms with van der Waals surface area (Å²) < 4.78 is 0. The van der Waals surface area contributed by atoms with Gasteiger partial charge in [0.1, 0.15) is 0 Å². The first-order valence-electron chi connectivity index (χ1n) is 4.29. The molecule has 0 bridgehead atoms. The Morgan fingerprint density at radius 2 is 1.69 bits per heavy atom. The summed E-state index contributed by atoms with van der Waals surface area (Å²) in [6.45, 7) is 6.24. The van der Waals surface area contributed by atoms with Gasteiger partial charge in [-0.05, 0) is 49.1 Å². The van der Waals surface area contributed by atoms with Crippen molar-refractivity contribution in [3.8, 4) is 6.07 Å². The predicted octanol–water partition coefficient (Wildman–Crippen LogP) is 3.15. The maximum atomic E-state index is 8.41. The van der Waals surface area contributed by atoms with Crippen molar-refractivity contribution in [1.29, 1.82) is 5.26 Å². The van der Waals surface area contributed by atoms with Crippen molar-refractivity contribution in [3.63, 3.8) is 0 Å². The minimum absolute atomic E-state index is 1.13. The number of benzene rings is 1. The van der Waals surface area contributed by atoms with E-state index in [1.165, 1.54) is 22.8 Å². The Morgan fingerprint density at radius 1 is 1.08 bits per heavy atom. The highest BCUT2D eigenvalue weighted by Gasteiger charge is 1.97. The van der Waals surface area contributed by atoms with E-state index < -0.39 is 0 Å². The summed E-state index contributed by atoms with van der Waals surface area (Å²) in [7, 11) is 0. The van der Waals surface area contributed by atoms with Gasteiger partial charge < -0.3 is 0 Å². The van der Waals surface area contributed by atoms with E-state index in [1.807, 2.05) is 12.1 Å². The Labute approximate surface area is 79.3 Å². The Kier molecular flexibility index (Phi) is 2.87. The lowest BCUT2D eigenvalue weighted by Crippen LogP contribution is -1.86. The van der Waals surface area contributed by atoms with Gasteiger partial charge in [-0.25, -0.2) is 0 Å². The summed E-state index contributed by atoms with van der Waals surface area (Å²) in [5.74, 6) is 0. The average Bonchev–Trinajstić information content (AvgIpc) is 2.09. The predicted molar refractivity (Wildman–Crippen MR) is 55.3 cm³/mol. The molecule has 1 aromatic rings. The summed E-state index contributed by atoms with van der Waals surface area (Å²) in [6, 6.07) is 6.25. The highest BCUT2D eigenvalue weighted by atomic mass is 14.2. The third-order valence-corrected chi connectivity index (χ3v) is 2.22. The molecule has 0 unspecified atom stereocenters. The number of nitrogens with zero attached hydrogens (tertiary/aromatic N) is 1. The van der Waals surface area contributed by atoms with Gasteiger partial charge in [-0.1, -0.05) is 12.1 Å². The van der Waals surface area contributed by atoms with Gasteiger partial charge in [0.2, 0.25) is 0 Å². The number of hydrogen-bond donors (Lipinski definition) is 0. The van der Waals surface area contributed by atoms with Gasteiger partial charge in [-0.15, -0.1) is 0 Å². The van der Waals surface area contributed by atoms with Crippen LogP contribution in [-0.2, 0) is 0 Å². The van der Waals surface area contributed by atoms with Gasteiger partial charge in [0, 0.05) is 6.08 Å². The van der Waals surface area contributed by atoms with Crippen molar-refractivity contribution in [1.82, 2.24) is 0 Å². The molecule has 1 nitrogen and oxygen atoms in total. The molecule has 0 aliphatic rings. The Hall–Kier alpha value is -1.55. The number of allylic oxidation sites excluding steroid dienone is 1. The fraction of sp³-hybridized carbons (Fsp3) is 0.250. The molecule has 0 fully saturated rings. The van der Waals surface area contributed by atoms with Crippen molar-refractivity contribution in [2.45, 2.75) is 20.8 Å². The Bertz CT molecular complexity index is 381. The SMILES string of the molecule is Cc1cc(C)c(C=CC#N)cc1C. The van der Waals surface area contributed by atoms with Crippen LogP contribution >= 0.6 is 0 Å². The van der Waals surface area contributed by atoms with E-state index >= 15 is 0 Å². The molecule has 0 heterocycles. The molecule has 0 N–H and O–H groups in total. The zero-order valence-corrected chi connectivity index (χ0v) is 8.26. The second-order valence-corrected chi connectivity index (χ2v) is 3.26. The first kappa shape index (κ1) is 9.54. The van der Waals surface area contributed by atoms with Crippen LogP contribution in [0.4, 0.5) is 0 Å². The van der Waals surface area contributed by atoms with Crippen molar-refractivity contribution < 1.29 is 0 Å². The lowest BCUT2D eigenvalue weighted by molar-refractivity contribution is 1.29. The molecule has 0 saturated carbocycles. The third kappa shape index (κ3) is 2.19. The van der Waals surface area contributed by atoms with E-state index in [-0.39, 0.29) is 0 Å². The van der Waals surface area contributed by atoms with Crippen molar-refractivity contribution in [2.24, 2.45) is 0 Å². The highest BCUT2D eigenvalue weighted by molar-refractivity contribution is 5.57. The van der Waals surface area contributed by atoms with Crippen LogP contribution in [0.25, 0.3) is 6.08 Å². The van der Waals surface area contributed by atoms with Gasteiger partial charge in [-0.2, -0.15) is 5.26 Å². The first-order valence-corrected chi connectivity index (χ1v) is 4.29. The van der Waals surface area contributed by atoms with Gasteiger partial charge >= 0.3 is 0 Å². The Balaban J connectivity index is 3.17. The largest absolute Gasteiger partial charge is 0.193 e. The number of rotatable bonds is 1. The molecule has 0 atom stereocenters. The van der Waals surface area contributed by atoms with Crippen LogP contribution in [0, 0.1) is 32.1 Å². The van der Waals surface area contributed by atoms with Crippen molar-refractivity contribution >= 4 is 6.08 Å². The van der Waals surface area contributed by atoms with Crippen molar-refractivity contribution in [3.05, 3.63) is 40.5 Å². The molecule has 0 saturated heterocycles. The zero-order chi connectivity index (χ0) is 9.84. The molecular formula is C12H13N. The van der Waals surface area contributed by atoms with Crippen LogP contribution in [0.5, 0.6) is 0 Å². The van der Waals surface area contributed by atoms with Crippen LogP contribution in [0.1, 0.15) is 22.3 Å². The van der Waals surface area contributed by atoms with E-state index in [0.717, 1.165) is 5.56 Å². The fourth-order valence-electron chi connectivity index (χ4n) is 1.29. The van der Waals surface area contributed by atoms with Gasteiger partial charge in [-0.3, -0.25) is 0 Å². The summed E-state index contributed by atoms with van der Waals surface area (Å²) >= 11 is 0. The molecule has 0 amide bonds. The highest BCUT2D eigenvalue weighted by Crippen LogP contribution is 2.16. The summed E-state index contributed by atoms with van der Waals surface area (Å²) in [4.78, 5) is 0. The molecule has 0 aromatic heterocycles. The monoisotopic (exact) mass is 171 g/mol.